The highest BCUT2D eigenvalue weighted by molar-refractivity contribution is 7.08. The van der Waals surface area contributed by atoms with Crippen LogP contribution in [0.25, 0.3) is 0 Å². The fraction of sp³-hybridized carbons (Fsp3) is 0.214. The molecular formula is C14H14N2O2S. The first-order valence-corrected chi connectivity index (χ1v) is 6.98. The molecule has 1 aliphatic rings. The largest absolute Gasteiger partial charge is 0.482 e. The van der Waals surface area contributed by atoms with Gasteiger partial charge in [-0.15, -0.1) is 0 Å². The zero-order chi connectivity index (χ0) is 13.2. The van der Waals surface area contributed by atoms with Gasteiger partial charge in [-0.3, -0.25) is 4.79 Å². The van der Waals surface area contributed by atoms with Crippen molar-refractivity contribution >= 4 is 22.9 Å². The molecule has 0 bridgehead atoms. The Morgan fingerprint density at radius 3 is 3.00 bits per heavy atom. The smallest absolute Gasteiger partial charge is 0.262 e. The highest BCUT2D eigenvalue weighted by Gasteiger charge is 2.19. The minimum absolute atomic E-state index is 0.0896. The molecule has 0 radical (unpaired) electrons. The van der Waals surface area contributed by atoms with Crippen molar-refractivity contribution in [2.24, 2.45) is 0 Å². The average Bonchev–Trinajstić information content (AvgIpc) is 2.93. The first kappa shape index (κ1) is 12.2. The number of carbonyl (C=O) groups excluding carboxylic acids is 1. The van der Waals surface area contributed by atoms with Gasteiger partial charge in [0.15, 0.2) is 6.61 Å². The molecule has 1 aliphatic heterocycles. The van der Waals surface area contributed by atoms with Gasteiger partial charge in [-0.1, -0.05) is 6.07 Å². The number of rotatable bonds is 3. The normalized spacial score (nSPS) is 15.3. The highest BCUT2D eigenvalue weighted by Crippen LogP contribution is 2.32. The van der Waals surface area contributed by atoms with Gasteiger partial charge in [0.25, 0.3) is 5.91 Å². The van der Waals surface area contributed by atoms with Crippen molar-refractivity contribution < 1.29 is 9.53 Å². The molecule has 0 spiro atoms. The number of hydrogen-bond donors (Lipinski definition) is 2. The molecule has 1 aromatic carbocycles. The summed E-state index contributed by atoms with van der Waals surface area (Å²) in [6.45, 7) is 0.0896. The Balaban J connectivity index is 1.97. The van der Waals surface area contributed by atoms with Crippen LogP contribution in [0.15, 0.2) is 35.0 Å². The zero-order valence-corrected chi connectivity index (χ0v) is 11.3. The van der Waals surface area contributed by atoms with Gasteiger partial charge < -0.3 is 15.4 Å². The van der Waals surface area contributed by atoms with E-state index in [1.807, 2.05) is 25.2 Å². The van der Waals surface area contributed by atoms with Gasteiger partial charge in [-0.05, 0) is 47.1 Å². The number of fused-ring (bicyclic) bond motifs is 1. The van der Waals surface area contributed by atoms with Crippen LogP contribution in [0.4, 0.5) is 5.69 Å². The molecule has 1 unspecified atom stereocenters. The Morgan fingerprint density at radius 2 is 2.26 bits per heavy atom. The van der Waals surface area contributed by atoms with Crippen LogP contribution in [-0.4, -0.2) is 19.6 Å². The molecule has 0 saturated heterocycles. The van der Waals surface area contributed by atoms with Gasteiger partial charge in [0, 0.05) is 0 Å². The monoisotopic (exact) mass is 274 g/mol. The van der Waals surface area contributed by atoms with Crippen molar-refractivity contribution in [1.29, 1.82) is 0 Å². The van der Waals surface area contributed by atoms with Crippen molar-refractivity contribution in [3.05, 3.63) is 46.2 Å². The number of amides is 1. The van der Waals surface area contributed by atoms with E-state index in [1.165, 1.54) is 5.56 Å². The second-order valence-corrected chi connectivity index (χ2v) is 5.15. The van der Waals surface area contributed by atoms with Gasteiger partial charge in [-0.25, -0.2) is 0 Å². The Hall–Kier alpha value is -1.85. The molecule has 1 aromatic heterocycles. The van der Waals surface area contributed by atoms with Gasteiger partial charge >= 0.3 is 0 Å². The van der Waals surface area contributed by atoms with Crippen molar-refractivity contribution in [3.63, 3.8) is 0 Å². The number of carbonyl (C=O) groups is 1. The van der Waals surface area contributed by atoms with Crippen LogP contribution in [0.3, 0.4) is 0 Å². The summed E-state index contributed by atoms with van der Waals surface area (Å²) in [6.07, 6.45) is 0. The Morgan fingerprint density at radius 1 is 1.37 bits per heavy atom. The molecule has 3 rings (SSSR count). The number of ether oxygens (including phenoxy) is 1. The Bertz CT molecular complexity index is 595. The van der Waals surface area contributed by atoms with Crippen LogP contribution in [0.1, 0.15) is 17.2 Å². The lowest BCUT2D eigenvalue weighted by Gasteiger charge is -2.21. The second-order valence-electron chi connectivity index (χ2n) is 4.37. The van der Waals surface area contributed by atoms with E-state index in [9.17, 15) is 4.79 Å². The quantitative estimate of drug-likeness (QED) is 0.903. The summed E-state index contributed by atoms with van der Waals surface area (Å²) in [4.78, 5) is 11.4. The first-order valence-electron chi connectivity index (χ1n) is 6.04. The number of anilines is 1. The molecule has 19 heavy (non-hydrogen) atoms. The molecule has 0 saturated carbocycles. The fourth-order valence-electron chi connectivity index (χ4n) is 2.25. The van der Waals surface area contributed by atoms with Crippen LogP contribution in [0.5, 0.6) is 5.75 Å². The maximum absolute atomic E-state index is 11.4. The van der Waals surface area contributed by atoms with E-state index in [4.69, 9.17) is 4.74 Å². The number of hydrogen-bond acceptors (Lipinski definition) is 4. The SMILES string of the molecule is CNC(c1ccsc1)c1ccc2c(c1)NC(=O)CO2. The molecule has 2 heterocycles. The van der Waals surface area contributed by atoms with E-state index in [1.54, 1.807) is 11.3 Å². The predicted octanol–water partition coefficient (Wildman–Crippen LogP) is 2.39. The summed E-state index contributed by atoms with van der Waals surface area (Å²) in [6, 6.07) is 8.11. The summed E-state index contributed by atoms with van der Waals surface area (Å²) >= 11 is 1.67. The van der Waals surface area contributed by atoms with Crippen LogP contribution >= 0.6 is 11.3 Å². The maximum Gasteiger partial charge on any atom is 0.262 e. The average molecular weight is 274 g/mol. The summed E-state index contributed by atoms with van der Waals surface area (Å²) in [7, 11) is 1.93. The highest BCUT2D eigenvalue weighted by atomic mass is 32.1. The lowest BCUT2D eigenvalue weighted by molar-refractivity contribution is -0.118. The molecule has 0 aliphatic carbocycles. The molecule has 2 aromatic rings. The lowest BCUT2D eigenvalue weighted by Crippen LogP contribution is -2.26. The third-order valence-corrected chi connectivity index (χ3v) is 3.84. The van der Waals surface area contributed by atoms with E-state index in [-0.39, 0.29) is 18.6 Å². The molecule has 1 atom stereocenters. The minimum Gasteiger partial charge on any atom is -0.482 e. The maximum atomic E-state index is 11.4. The van der Waals surface area contributed by atoms with E-state index >= 15 is 0 Å². The summed E-state index contributed by atoms with van der Waals surface area (Å²) < 4.78 is 5.36. The summed E-state index contributed by atoms with van der Waals surface area (Å²) in [5.74, 6) is 0.615. The van der Waals surface area contributed by atoms with Gasteiger partial charge in [0.1, 0.15) is 5.75 Å². The third kappa shape index (κ3) is 2.34. The lowest BCUT2D eigenvalue weighted by atomic mass is 10.0. The summed E-state index contributed by atoms with van der Waals surface area (Å²) in [5.41, 5.74) is 3.06. The van der Waals surface area contributed by atoms with E-state index in [2.05, 4.69) is 27.5 Å². The third-order valence-electron chi connectivity index (χ3n) is 3.13. The molecule has 1 amide bonds. The Kier molecular flexibility index (Phi) is 3.23. The first-order chi connectivity index (χ1) is 9.28. The van der Waals surface area contributed by atoms with Gasteiger partial charge in [0.05, 0.1) is 11.7 Å². The molecule has 2 N–H and O–H groups in total. The van der Waals surface area contributed by atoms with E-state index in [0.29, 0.717) is 0 Å². The summed E-state index contributed by atoms with van der Waals surface area (Å²) in [5, 5.41) is 10.3. The fourth-order valence-corrected chi connectivity index (χ4v) is 2.93. The molecular weight excluding hydrogens is 260 g/mol. The Labute approximate surface area is 115 Å². The number of benzene rings is 1. The van der Waals surface area contributed by atoms with Crippen molar-refractivity contribution in [3.8, 4) is 5.75 Å². The number of nitrogens with one attached hydrogen (secondary N) is 2. The van der Waals surface area contributed by atoms with Crippen LogP contribution in [-0.2, 0) is 4.79 Å². The van der Waals surface area contributed by atoms with Crippen molar-refractivity contribution in [2.75, 3.05) is 19.0 Å². The topological polar surface area (TPSA) is 50.4 Å². The molecule has 4 nitrogen and oxygen atoms in total. The predicted molar refractivity (Wildman–Crippen MR) is 75.8 cm³/mol. The molecule has 5 heteroatoms. The zero-order valence-electron chi connectivity index (χ0n) is 10.5. The van der Waals surface area contributed by atoms with E-state index < -0.39 is 0 Å². The van der Waals surface area contributed by atoms with Crippen molar-refractivity contribution in [2.45, 2.75) is 6.04 Å². The molecule has 98 valence electrons. The minimum atomic E-state index is -0.110. The number of thiophene rings is 1. The van der Waals surface area contributed by atoms with Crippen LogP contribution in [0.2, 0.25) is 0 Å². The molecule has 0 fully saturated rings. The van der Waals surface area contributed by atoms with Gasteiger partial charge in [0.2, 0.25) is 0 Å². The van der Waals surface area contributed by atoms with E-state index in [0.717, 1.165) is 17.0 Å². The van der Waals surface area contributed by atoms with Gasteiger partial charge in [-0.2, -0.15) is 11.3 Å². The van der Waals surface area contributed by atoms with Crippen LogP contribution in [0, 0.1) is 0 Å². The van der Waals surface area contributed by atoms with Crippen LogP contribution < -0.4 is 15.4 Å². The second kappa shape index (κ2) is 5.03. The van der Waals surface area contributed by atoms with Crippen molar-refractivity contribution in [1.82, 2.24) is 5.32 Å². The standard InChI is InChI=1S/C14H14N2O2S/c1-15-14(10-4-5-19-8-10)9-2-3-12-11(6-9)16-13(17)7-18-12/h2-6,8,14-15H,7H2,1H3,(H,16,17).